The molecule has 1 aliphatic carbocycles. The largest absolute Gasteiger partial charge is 0.315 e. The number of amides is 3. The van der Waals surface area contributed by atoms with E-state index in [-0.39, 0.29) is 16.8 Å². The van der Waals surface area contributed by atoms with Gasteiger partial charge < -0.3 is 5.32 Å². The number of nitro groups is 1. The average Bonchev–Trinajstić information content (AvgIpc) is 3.04. The van der Waals surface area contributed by atoms with E-state index in [2.05, 4.69) is 11.4 Å². The van der Waals surface area contributed by atoms with Crippen molar-refractivity contribution >= 4 is 39.7 Å². The Balaban J connectivity index is 1.53. The van der Waals surface area contributed by atoms with Crippen LogP contribution < -0.4 is 5.32 Å². The molecule has 9 nitrogen and oxygen atoms in total. The maximum Gasteiger partial charge on any atom is 0.270 e. The Hall–Kier alpha value is -3.58. The van der Waals surface area contributed by atoms with Gasteiger partial charge in [0.25, 0.3) is 17.5 Å². The normalized spacial score (nSPS) is 15.2. The van der Waals surface area contributed by atoms with E-state index in [0.717, 1.165) is 59.6 Å². The molecule has 0 saturated carbocycles. The third kappa shape index (κ3) is 3.33. The molecule has 0 fully saturated rings. The lowest BCUT2D eigenvalue weighted by Gasteiger charge is -2.13. The molecule has 2 aromatic rings. The van der Waals surface area contributed by atoms with Crippen LogP contribution in [0.1, 0.15) is 56.0 Å². The molecule has 10 heteroatoms. The van der Waals surface area contributed by atoms with Gasteiger partial charge in [-0.05, 0) is 37.3 Å². The summed E-state index contributed by atoms with van der Waals surface area (Å²) < 4.78 is 0. The van der Waals surface area contributed by atoms with Gasteiger partial charge in [-0.3, -0.25) is 29.4 Å². The van der Waals surface area contributed by atoms with Gasteiger partial charge in [0.1, 0.15) is 17.6 Å². The summed E-state index contributed by atoms with van der Waals surface area (Å²) >= 11 is 1.36. The van der Waals surface area contributed by atoms with Gasteiger partial charge in [0.05, 0.1) is 21.6 Å². The fourth-order valence-corrected chi connectivity index (χ4v) is 5.05. The molecule has 0 bridgehead atoms. The third-order valence-corrected chi connectivity index (χ3v) is 6.46. The van der Waals surface area contributed by atoms with Crippen LogP contribution in [-0.2, 0) is 17.6 Å². The van der Waals surface area contributed by atoms with Gasteiger partial charge >= 0.3 is 0 Å². The fraction of sp³-hybridized carbons (Fsp3) is 0.300. The zero-order valence-electron chi connectivity index (χ0n) is 15.8. The predicted molar refractivity (Wildman–Crippen MR) is 107 cm³/mol. The topological polar surface area (TPSA) is 133 Å². The van der Waals surface area contributed by atoms with Crippen LogP contribution in [0.2, 0.25) is 0 Å². The van der Waals surface area contributed by atoms with E-state index in [0.29, 0.717) is 10.6 Å². The number of nitriles is 1. The summed E-state index contributed by atoms with van der Waals surface area (Å²) in [6, 6.07) is 5.56. The number of fused-ring (bicyclic) bond motifs is 2. The van der Waals surface area contributed by atoms with Crippen LogP contribution in [-0.4, -0.2) is 34.1 Å². The molecule has 30 heavy (non-hydrogen) atoms. The molecule has 2 heterocycles. The van der Waals surface area contributed by atoms with Crippen molar-refractivity contribution in [1.29, 1.82) is 5.26 Å². The van der Waals surface area contributed by atoms with E-state index >= 15 is 0 Å². The first-order chi connectivity index (χ1) is 14.4. The average molecular weight is 424 g/mol. The third-order valence-electron chi connectivity index (χ3n) is 5.25. The van der Waals surface area contributed by atoms with Crippen molar-refractivity contribution in [1.82, 2.24) is 4.90 Å². The number of nitro benzene ring substituents is 1. The molecule has 2 aliphatic rings. The van der Waals surface area contributed by atoms with Crippen LogP contribution in [0.15, 0.2) is 18.2 Å². The van der Waals surface area contributed by atoms with Crippen molar-refractivity contribution in [3.63, 3.8) is 0 Å². The first-order valence-corrected chi connectivity index (χ1v) is 10.2. The van der Waals surface area contributed by atoms with Gasteiger partial charge in [-0.1, -0.05) is 6.42 Å². The van der Waals surface area contributed by atoms with Crippen LogP contribution >= 0.6 is 11.3 Å². The maximum atomic E-state index is 12.6. The number of non-ortho nitro benzene ring substituents is 1. The highest BCUT2D eigenvalue weighted by Gasteiger charge is 2.38. The highest BCUT2D eigenvalue weighted by atomic mass is 32.1. The first-order valence-electron chi connectivity index (χ1n) is 9.40. The van der Waals surface area contributed by atoms with Crippen LogP contribution in [0.4, 0.5) is 10.7 Å². The maximum absolute atomic E-state index is 12.6. The Morgan fingerprint density at radius 2 is 1.93 bits per heavy atom. The number of hydrogen-bond donors (Lipinski definition) is 1. The molecular formula is C20H16N4O5S. The molecule has 3 amide bonds. The number of rotatable bonds is 4. The van der Waals surface area contributed by atoms with E-state index in [1.165, 1.54) is 17.4 Å². The summed E-state index contributed by atoms with van der Waals surface area (Å²) in [5.41, 5.74) is 1.05. The summed E-state index contributed by atoms with van der Waals surface area (Å²) in [7, 11) is 0. The molecule has 1 aromatic heterocycles. The van der Waals surface area contributed by atoms with E-state index < -0.39 is 29.2 Å². The molecule has 0 atom stereocenters. The molecular weight excluding hydrogens is 408 g/mol. The zero-order valence-corrected chi connectivity index (χ0v) is 16.6. The molecule has 4 rings (SSSR count). The lowest BCUT2D eigenvalue weighted by molar-refractivity contribution is -0.384. The molecule has 1 aliphatic heterocycles. The van der Waals surface area contributed by atoms with E-state index in [1.54, 1.807) is 0 Å². The molecule has 152 valence electrons. The number of aryl methyl sites for hydroxylation is 1. The Bertz CT molecular complexity index is 1150. The van der Waals surface area contributed by atoms with E-state index in [1.807, 2.05) is 0 Å². The minimum atomic E-state index is -0.753. The molecule has 0 spiro atoms. The first kappa shape index (κ1) is 19.7. The van der Waals surface area contributed by atoms with Crippen molar-refractivity contribution in [3.8, 4) is 6.07 Å². The van der Waals surface area contributed by atoms with Crippen molar-refractivity contribution in [2.24, 2.45) is 0 Å². The number of hydrogen-bond acceptors (Lipinski definition) is 7. The number of carbonyl (C=O) groups excluding carboxylic acids is 3. The van der Waals surface area contributed by atoms with Crippen LogP contribution in [0.25, 0.3) is 0 Å². The lowest BCUT2D eigenvalue weighted by Crippen LogP contribution is -2.37. The zero-order chi connectivity index (χ0) is 21.4. The number of benzene rings is 1. The Morgan fingerprint density at radius 1 is 1.20 bits per heavy atom. The predicted octanol–water partition coefficient (Wildman–Crippen LogP) is 3.03. The number of nitrogens with one attached hydrogen (secondary N) is 1. The van der Waals surface area contributed by atoms with Gasteiger partial charge in [0, 0.05) is 17.0 Å². The van der Waals surface area contributed by atoms with Crippen molar-refractivity contribution < 1.29 is 19.3 Å². The number of imide groups is 1. The second-order valence-electron chi connectivity index (χ2n) is 7.11. The molecule has 0 saturated heterocycles. The SMILES string of the molecule is N#Cc1c(NC(=O)CN2C(=O)c3ccc([N+](=O)[O-])cc3C2=O)sc2c1CCCCC2. The van der Waals surface area contributed by atoms with Crippen LogP contribution in [0, 0.1) is 21.4 Å². The number of carbonyl (C=O) groups is 3. The minimum Gasteiger partial charge on any atom is -0.315 e. The second kappa shape index (κ2) is 7.68. The Kier molecular flexibility index (Phi) is 5.05. The second-order valence-corrected chi connectivity index (χ2v) is 8.22. The summed E-state index contributed by atoms with van der Waals surface area (Å²) in [5.74, 6) is -2.04. The number of thiophene rings is 1. The summed E-state index contributed by atoms with van der Waals surface area (Å²) in [6.07, 6.45) is 4.79. The summed E-state index contributed by atoms with van der Waals surface area (Å²) in [6.45, 7) is -0.534. The Labute approximate surface area is 175 Å². The van der Waals surface area contributed by atoms with Gasteiger partial charge in [0.2, 0.25) is 5.91 Å². The highest BCUT2D eigenvalue weighted by Crippen LogP contribution is 2.37. The quantitative estimate of drug-likeness (QED) is 0.347. The minimum absolute atomic E-state index is 0.0268. The number of anilines is 1. The van der Waals surface area contributed by atoms with E-state index in [9.17, 15) is 29.8 Å². The van der Waals surface area contributed by atoms with Gasteiger partial charge in [-0.25, -0.2) is 0 Å². The molecule has 0 unspecified atom stereocenters. The molecule has 1 aromatic carbocycles. The van der Waals surface area contributed by atoms with Crippen molar-refractivity contribution in [3.05, 3.63) is 55.4 Å². The molecule has 1 N–H and O–H groups in total. The Morgan fingerprint density at radius 3 is 2.67 bits per heavy atom. The standard InChI is InChI=1S/C20H16N4O5S/c21-9-15-12-4-2-1-3-5-16(12)30-18(15)22-17(25)10-23-19(26)13-7-6-11(24(28)29)8-14(13)20(23)27/h6-8H,1-5,10H2,(H,22,25). The van der Waals surface area contributed by atoms with Crippen LogP contribution in [0.5, 0.6) is 0 Å². The molecule has 0 radical (unpaired) electrons. The monoisotopic (exact) mass is 424 g/mol. The highest BCUT2D eigenvalue weighted by molar-refractivity contribution is 7.16. The van der Waals surface area contributed by atoms with Crippen LogP contribution in [0.3, 0.4) is 0 Å². The van der Waals surface area contributed by atoms with Gasteiger partial charge in [0.15, 0.2) is 0 Å². The van der Waals surface area contributed by atoms with Gasteiger partial charge in [-0.15, -0.1) is 11.3 Å². The lowest BCUT2D eigenvalue weighted by atomic mass is 10.1. The van der Waals surface area contributed by atoms with E-state index in [4.69, 9.17) is 0 Å². The smallest absolute Gasteiger partial charge is 0.270 e. The van der Waals surface area contributed by atoms with Gasteiger partial charge in [-0.2, -0.15) is 5.26 Å². The number of nitrogens with zero attached hydrogens (tertiary/aromatic N) is 3. The summed E-state index contributed by atoms with van der Waals surface area (Å²) in [5, 5.41) is 23.6. The van der Waals surface area contributed by atoms with Crippen molar-refractivity contribution in [2.75, 3.05) is 11.9 Å². The summed E-state index contributed by atoms with van der Waals surface area (Å²) in [4.78, 5) is 49.7. The van der Waals surface area contributed by atoms with Crippen molar-refractivity contribution in [2.45, 2.75) is 32.1 Å². The fourth-order valence-electron chi connectivity index (χ4n) is 3.79.